The molecule has 1 aliphatic carbocycles. The average Bonchev–Trinajstić information content (AvgIpc) is 3.51. The second-order valence-corrected chi connectivity index (χ2v) is 8.27. The molecule has 1 atom stereocenters. The van der Waals surface area contributed by atoms with Crippen LogP contribution in [-0.4, -0.2) is 56.3 Å². The summed E-state index contributed by atoms with van der Waals surface area (Å²) in [6, 6.07) is 7.88. The third-order valence-corrected chi connectivity index (χ3v) is 5.99. The Kier molecular flexibility index (Phi) is 5.96. The number of urea groups is 1. The van der Waals surface area contributed by atoms with Crippen LogP contribution in [0.4, 0.5) is 4.79 Å². The Bertz CT molecular complexity index is 1050. The van der Waals surface area contributed by atoms with Crippen LogP contribution in [-0.2, 0) is 0 Å². The predicted octanol–water partition coefficient (Wildman–Crippen LogP) is 3.69. The van der Waals surface area contributed by atoms with Crippen LogP contribution in [0.1, 0.15) is 38.5 Å². The predicted molar refractivity (Wildman–Crippen MR) is 117 cm³/mol. The molecular weight excluding hydrogens is 408 g/mol. The Labute approximate surface area is 186 Å². The molecule has 1 saturated heterocycles. The Balaban J connectivity index is 1.24. The number of ether oxygens (including phenoxy) is 1. The Morgan fingerprint density at radius 1 is 1.12 bits per heavy atom. The van der Waals surface area contributed by atoms with Crippen LogP contribution in [0.15, 0.2) is 47.4 Å². The van der Waals surface area contributed by atoms with E-state index >= 15 is 0 Å². The third-order valence-electron chi connectivity index (χ3n) is 5.99. The van der Waals surface area contributed by atoms with Crippen molar-refractivity contribution in [3.8, 4) is 28.7 Å². The number of likely N-dealkylation sites (tertiary alicyclic amines) is 1. The van der Waals surface area contributed by atoms with Crippen LogP contribution in [0.2, 0.25) is 0 Å². The lowest BCUT2D eigenvalue weighted by Gasteiger charge is -2.26. The highest BCUT2D eigenvalue weighted by atomic mass is 16.5. The maximum Gasteiger partial charge on any atom is 0.317 e. The highest BCUT2D eigenvalue weighted by Crippen LogP contribution is 2.31. The van der Waals surface area contributed by atoms with Gasteiger partial charge >= 0.3 is 6.03 Å². The monoisotopic (exact) mass is 434 g/mol. The van der Waals surface area contributed by atoms with E-state index in [0.717, 1.165) is 19.3 Å². The minimum atomic E-state index is -0.0874. The van der Waals surface area contributed by atoms with Gasteiger partial charge in [0, 0.05) is 31.4 Å². The van der Waals surface area contributed by atoms with Crippen LogP contribution in [0.25, 0.3) is 23.0 Å². The molecule has 9 heteroatoms. The number of rotatable bonds is 5. The molecular formula is C23H26N6O3. The largest absolute Gasteiger partial charge is 0.488 e. The lowest BCUT2D eigenvalue weighted by Crippen LogP contribution is -2.45. The van der Waals surface area contributed by atoms with Crippen molar-refractivity contribution in [3.05, 3.63) is 42.9 Å². The van der Waals surface area contributed by atoms with E-state index in [1.165, 1.54) is 19.3 Å². The Morgan fingerprint density at radius 3 is 2.84 bits per heavy atom. The summed E-state index contributed by atoms with van der Waals surface area (Å²) in [7, 11) is 0. The zero-order chi connectivity index (χ0) is 21.8. The molecule has 3 aromatic rings. The van der Waals surface area contributed by atoms with Crippen molar-refractivity contribution in [2.75, 3.05) is 13.1 Å². The zero-order valence-corrected chi connectivity index (χ0v) is 17.8. The molecule has 2 amide bonds. The standard InChI is InChI=1S/C23H26N6O3/c30-23(26-16-6-2-1-3-7-16)29-13-10-17(15-29)31-20-9-5-4-8-18(20)22-27-21(28-32-22)19-14-24-11-12-25-19/h4-5,8-9,11-12,14,16-17H,1-3,6-7,10,13,15H2,(H,26,30). The summed E-state index contributed by atoms with van der Waals surface area (Å²) in [4.78, 5) is 27.2. The molecule has 2 fully saturated rings. The average molecular weight is 435 g/mol. The summed E-state index contributed by atoms with van der Waals surface area (Å²) in [6.45, 7) is 1.24. The summed E-state index contributed by atoms with van der Waals surface area (Å²) in [6.07, 6.45) is 11.3. The number of hydrogen-bond donors (Lipinski definition) is 1. The summed E-state index contributed by atoms with van der Waals surface area (Å²) in [5.74, 6) is 1.38. The number of nitrogens with one attached hydrogen (secondary N) is 1. The zero-order valence-electron chi connectivity index (χ0n) is 17.8. The molecule has 0 bridgehead atoms. The molecule has 2 aliphatic rings. The maximum atomic E-state index is 12.7. The normalized spacial score (nSPS) is 19.1. The van der Waals surface area contributed by atoms with E-state index in [1.807, 2.05) is 29.2 Å². The van der Waals surface area contributed by atoms with Gasteiger partial charge in [-0.2, -0.15) is 4.98 Å². The van der Waals surface area contributed by atoms with E-state index in [1.54, 1.807) is 18.6 Å². The van der Waals surface area contributed by atoms with E-state index in [0.29, 0.717) is 47.9 Å². The minimum Gasteiger partial charge on any atom is -0.488 e. The van der Waals surface area contributed by atoms with Crippen molar-refractivity contribution in [1.29, 1.82) is 0 Å². The minimum absolute atomic E-state index is 0.0156. The number of carbonyl (C=O) groups excluding carboxylic acids is 1. The van der Waals surface area contributed by atoms with Crippen LogP contribution in [0.3, 0.4) is 0 Å². The molecule has 0 spiro atoms. The van der Waals surface area contributed by atoms with Crippen LogP contribution in [0.5, 0.6) is 5.75 Å². The van der Waals surface area contributed by atoms with E-state index in [4.69, 9.17) is 9.26 Å². The van der Waals surface area contributed by atoms with Gasteiger partial charge in [-0.3, -0.25) is 4.98 Å². The summed E-state index contributed by atoms with van der Waals surface area (Å²) < 4.78 is 11.7. The van der Waals surface area contributed by atoms with Crippen LogP contribution < -0.4 is 10.1 Å². The molecule has 1 unspecified atom stereocenters. The number of amides is 2. The molecule has 1 aromatic carbocycles. The van der Waals surface area contributed by atoms with Gasteiger partial charge in [-0.15, -0.1) is 0 Å². The van der Waals surface area contributed by atoms with Crippen molar-refractivity contribution >= 4 is 6.03 Å². The second kappa shape index (κ2) is 9.33. The fourth-order valence-corrected chi connectivity index (χ4v) is 4.30. The van der Waals surface area contributed by atoms with Crippen LogP contribution in [0, 0.1) is 0 Å². The first-order valence-electron chi connectivity index (χ1n) is 11.2. The van der Waals surface area contributed by atoms with Crippen molar-refractivity contribution in [1.82, 2.24) is 30.3 Å². The first-order valence-corrected chi connectivity index (χ1v) is 11.2. The van der Waals surface area contributed by atoms with Crippen molar-refractivity contribution in [2.45, 2.75) is 50.7 Å². The molecule has 1 N–H and O–H groups in total. The molecule has 3 heterocycles. The maximum absolute atomic E-state index is 12.7. The van der Waals surface area contributed by atoms with E-state index in [9.17, 15) is 4.79 Å². The lowest BCUT2D eigenvalue weighted by atomic mass is 9.96. The van der Waals surface area contributed by atoms with Crippen LogP contribution >= 0.6 is 0 Å². The number of hydrogen-bond acceptors (Lipinski definition) is 7. The van der Waals surface area contributed by atoms with E-state index in [-0.39, 0.29) is 12.1 Å². The highest BCUT2D eigenvalue weighted by Gasteiger charge is 2.30. The molecule has 1 aliphatic heterocycles. The second-order valence-electron chi connectivity index (χ2n) is 8.27. The van der Waals surface area contributed by atoms with Gasteiger partial charge in [-0.25, -0.2) is 9.78 Å². The van der Waals surface area contributed by atoms with Crippen molar-refractivity contribution < 1.29 is 14.1 Å². The smallest absolute Gasteiger partial charge is 0.317 e. The number of aromatic nitrogens is 4. The Hall–Kier alpha value is -3.49. The number of benzene rings is 1. The van der Waals surface area contributed by atoms with Gasteiger partial charge in [0.05, 0.1) is 18.3 Å². The lowest BCUT2D eigenvalue weighted by molar-refractivity contribution is 0.182. The number of para-hydroxylation sites is 1. The fourth-order valence-electron chi connectivity index (χ4n) is 4.30. The molecule has 2 aromatic heterocycles. The van der Waals surface area contributed by atoms with Gasteiger partial charge in [0.2, 0.25) is 5.82 Å². The van der Waals surface area contributed by atoms with E-state index < -0.39 is 0 Å². The first-order chi connectivity index (χ1) is 15.8. The summed E-state index contributed by atoms with van der Waals surface area (Å²) >= 11 is 0. The summed E-state index contributed by atoms with van der Waals surface area (Å²) in [5.41, 5.74) is 1.25. The molecule has 9 nitrogen and oxygen atoms in total. The van der Waals surface area contributed by atoms with Gasteiger partial charge in [-0.1, -0.05) is 36.6 Å². The molecule has 0 radical (unpaired) electrons. The van der Waals surface area contributed by atoms with Gasteiger partial charge in [0.1, 0.15) is 17.5 Å². The van der Waals surface area contributed by atoms with Crippen molar-refractivity contribution in [3.63, 3.8) is 0 Å². The molecule has 5 rings (SSSR count). The Morgan fingerprint density at radius 2 is 2.00 bits per heavy atom. The highest BCUT2D eigenvalue weighted by molar-refractivity contribution is 5.75. The summed E-state index contributed by atoms with van der Waals surface area (Å²) in [5, 5.41) is 7.21. The first kappa shape index (κ1) is 20.4. The third kappa shape index (κ3) is 4.56. The molecule has 166 valence electrons. The quantitative estimate of drug-likeness (QED) is 0.653. The fraction of sp³-hybridized carbons (Fsp3) is 0.435. The molecule has 32 heavy (non-hydrogen) atoms. The van der Waals surface area contributed by atoms with Gasteiger partial charge in [0.25, 0.3) is 5.89 Å². The van der Waals surface area contributed by atoms with Gasteiger partial charge in [0.15, 0.2) is 0 Å². The van der Waals surface area contributed by atoms with Gasteiger partial charge in [-0.05, 0) is 25.0 Å². The molecule has 1 saturated carbocycles. The number of nitrogens with zero attached hydrogens (tertiary/aromatic N) is 5. The SMILES string of the molecule is O=C(NC1CCCCC1)N1CCC(Oc2ccccc2-c2nc(-c3cnccn3)no2)C1. The van der Waals surface area contributed by atoms with Crippen molar-refractivity contribution in [2.24, 2.45) is 0 Å². The van der Waals surface area contributed by atoms with E-state index in [2.05, 4.69) is 25.4 Å². The number of carbonyl (C=O) groups is 1. The topological polar surface area (TPSA) is 106 Å². The van der Waals surface area contributed by atoms with Gasteiger partial charge < -0.3 is 19.5 Å².